The average Bonchev–Trinajstić information content (AvgIpc) is 2.78. The third-order valence-corrected chi connectivity index (χ3v) is 5.30. The lowest BCUT2D eigenvalue weighted by Gasteiger charge is -2.24. The highest BCUT2D eigenvalue weighted by atomic mass is 32.1. The lowest BCUT2D eigenvalue weighted by atomic mass is 10.0. The summed E-state index contributed by atoms with van der Waals surface area (Å²) in [5.74, 6) is -4.26. The number of rotatable bonds is 14. The molecule has 0 spiro atoms. The minimum Gasteiger partial charge on any atom is -0.480 e. The van der Waals surface area contributed by atoms with Crippen LogP contribution in [0.2, 0.25) is 0 Å². The van der Waals surface area contributed by atoms with E-state index in [1.54, 1.807) is 30.3 Å². The van der Waals surface area contributed by atoms with Crippen molar-refractivity contribution in [3.8, 4) is 0 Å². The molecule has 0 heterocycles. The molecule has 1 aromatic rings. The Labute approximate surface area is 202 Å². The normalized spacial score (nSPS) is 14.3. The van der Waals surface area contributed by atoms with Gasteiger partial charge in [0.05, 0.1) is 6.04 Å². The van der Waals surface area contributed by atoms with Crippen molar-refractivity contribution in [3.63, 3.8) is 0 Å². The van der Waals surface area contributed by atoms with Gasteiger partial charge in [0, 0.05) is 24.3 Å². The van der Waals surface area contributed by atoms with Crippen LogP contribution in [-0.4, -0.2) is 70.4 Å². The second kappa shape index (κ2) is 14.4. The largest absolute Gasteiger partial charge is 0.480 e. The molecule has 4 atom stereocenters. The van der Waals surface area contributed by atoms with Crippen LogP contribution in [0.1, 0.15) is 18.4 Å². The summed E-state index contributed by atoms with van der Waals surface area (Å²) in [6, 6.07) is 4.20. The van der Waals surface area contributed by atoms with Gasteiger partial charge in [0.25, 0.3) is 0 Å². The van der Waals surface area contributed by atoms with Gasteiger partial charge in [-0.2, -0.15) is 25.3 Å². The van der Waals surface area contributed by atoms with Gasteiger partial charge in [0.1, 0.15) is 18.1 Å². The van der Waals surface area contributed by atoms with Crippen LogP contribution < -0.4 is 27.4 Å². The number of benzene rings is 1. The molecule has 0 radical (unpaired) electrons. The minimum atomic E-state index is -1.27. The van der Waals surface area contributed by atoms with E-state index in [4.69, 9.17) is 11.5 Å². The van der Waals surface area contributed by atoms with Crippen LogP contribution in [0.25, 0.3) is 0 Å². The van der Waals surface area contributed by atoms with E-state index < -0.39 is 53.8 Å². The number of amides is 4. The highest BCUT2D eigenvalue weighted by Crippen LogP contribution is 2.06. The van der Waals surface area contributed by atoms with Crippen molar-refractivity contribution in [1.29, 1.82) is 0 Å². The van der Waals surface area contributed by atoms with Crippen LogP contribution in [0.15, 0.2) is 30.3 Å². The van der Waals surface area contributed by atoms with Crippen molar-refractivity contribution in [3.05, 3.63) is 35.9 Å². The Morgan fingerprint density at radius 2 is 1.36 bits per heavy atom. The average molecular weight is 500 g/mol. The molecule has 0 bridgehead atoms. The van der Waals surface area contributed by atoms with Gasteiger partial charge < -0.3 is 32.5 Å². The van der Waals surface area contributed by atoms with Crippen LogP contribution in [0.5, 0.6) is 0 Å². The molecule has 0 aromatic heterocycles. The number of thiol groups is 2. The highest BCUT2D eigenvalue weighted by Gasteiger charge is 2.29. The van der Waals surface area contributed by atoms with Gasteiger partial charge in [-0.25, -0.2) is 4.79 Å². The van der Waals surface area contributed by atoms with E-state index in [2.05, 4.69) is 41.2 Å². The van der Waals surface area contributed by atoms with E-state index in [1.807, 2.05) is 0 Å². The van der Waals surface area contributed by atoms with Gasteiger partial charge >= 0.3 is 5.97 Å². The molecule has 0 aliphatic carbocycles. The molecule has 8 N–H and O–H groups in total. The zero-order valence-electron chi connectivity index (χ0n) is 17.8. The predicted octanol–water partition coefficient (Wildman–Crippen LogP) is -1.78. The molecular weight excluding hydrogens is 470 g/mol. The zero-order chi connectivity index (χ0) is 25.0. The molecule has 0 saturated heterocycles. The van der Waals surface area contributed by atoms with Crippen LogP contribution in [0.3, 0.4) is 0 Å². The molecule has 0 aliphatic rings. The summed E-state index contributed by atoms with van der Waals surface area (Å²) in [7, 11) is 0. The zero-order valence-corrected chi connectivity index (χ0v) is 19.6. The number of nitrogens with one attached hydrogen (secondary N) is 3. The van der Waals surface area contributed by atoms with Crippen molar-refractivity contribution in [2.45, 2.75) is 43.4 Å². The number of nitrogens with two attached hydrogens (primary N) is 2. The van der Waals surface area contributed by atoms with E-state index in [-0.39, 0.29) is 30.8 Å². The Morgan fingerprint density at radius 1 is 0.848 bits per heavy atom. The fourth-order valence-electron chi connectivity index (χ4n) is 2.69. The molecule has 1 rings (SSSR count). The Hall–Kier alpha value is -2.77. The maximum absolute atomic E-state index is 12.8. The Bertz CT molecular complexity index is 841. The number of aliphatic carboxylic acids is 1. The summed E-state index contributed by atoms with van der Waals surface area (Å²) in [6.45, 7) is 0. The molecule has 1 aromatic carbocycles. The summed E-state index contributed by atoms with van der Waals surface area (Å²) in [6.07, 6.45) is -0.0222. The Morgan fingerprint density at radius 3 is 1.88 bits per heavy atom. The van der Waals surface area contributed by atoms with Crippen molar-refractivity contribution in [2.24, 2.45) is 11.5 Å². The van der Waals surface area contributed by atoms with Crippen molar-refractivity contribution >= 4 is 54.9 Å². The van der Waals surface area contributed by atoms with Crippen LogP contribution in [0, 0.1) is 0 Å². The molecular formula is C20H29N5O6S2. The van der Waals surface area contributed by atoms with Gasteiger partial charge in [-0.05, 0) is 12.0 Å². The number of carbonyl (C=O) groups excluding carboxylic acids is 4. The standard InChI is InChI=1S/C20H29N5O6S2/c21-12(6-7-16(22)26)17(27)24-14(9-32)19(29)23-13(8-11-4-2-1-3-5-11)18(28)25-15(10-33)20(30)31/h1-5,12-15,32-33H,6-10,21H2,(H2,22,26)(H,23,29)(H,24,27)(H,25,28)(H,30,31). The molecule has 4 unspecified atom stereocenters. The van der Waals surface area contributed by atoms with E-state index >= 15 is 0 Å². The summed E-state index contributed by atoms with van der Waals surface area (Å²) < 4.78 is 0. The lowest BCUT2D eigenvalue weighted by molar-refractivity contribution is -0.141. The molecule has 0 fully saturated rings. The molecule has 0 aliphatic heterocycles. The first-order valence-corrected chi connectivity index (χ1v) is 11.3. The molecule has 33 heavy (non-hydrogen) atoms. The van der Waals surface area contributed by atoms with Crippen molar-refractivity contribution < 1.29 is 29.1 Å². The van der Waals surface area contributed by atoms with Gasteiger partial charge in [-0.1, -0.05) is 30.3 Å². The van der Waals surface area contributed by atoms with Gasteiger partial charge in [0.15, 0.2) is 0 Å². The molecule has 13 heteroatoms. The lowest BCUT2D eigenvalue weighted by Crippen LogP contribution is -2.58. The number of hydrogen-bond donors (Lipinski definition) is 8. The summed E-state index contributed by atoms with van der Waals surface area (Å²) in [4.78, 5) is 59.9. The topological polar surface area (TPSA) is 194 Å². The van der Waals surface area contributed by atoms with E-state index in [1.165, 1.54) is 0 Å². The number of hydrogen-bond acceptors (Lipinski definition) is 8. The SMILES string of the molecule is NC(=O)CCC(N)C(=O)NC(CS)C(=O)NC(Cc1ccccc1)C(=O)NC(CS)C(=O)O. The predicted molar refractivity (Wildman–Crippen MR) is 128 cm³/mol. The summed E-state index contributed by atoms with van der Waals surface area (Å²) in [5.41, 5.74) is 11.5. The Balaban J connectivity index is 2.92. The fourth-order valence-corrected chi connectivity index (χ4v) is 3.20. The van der Waals surface area contributed by atoms with Crippen LogP contribution in [-0.2, 0) is 30.4 Å². The van der Waals surface area contributed by atoms with Gasteiger partial charge in [0.2, 0.25) is 23.6 Å². The van der Waals surface area contributed by atoms with Crippen molar-refractivity contribution in [2.75, 3.05) is 11.5 Å². The maximum Gasteiger partial charge on any atom is 0.327 e. The third-order valence-electron chi connectivity index (χ3n) is 4.57. The van der Waals surface area contributed by atoms with Crippen LogP contribution >= 0.6 is 25.3 Å². The van der Waals surface area contributed by atoms with E-state index in [9.17, 15) is 29.1 Å². The second-order valence-corrected chi connectivity index (χ2v) is 7.92. The first-order chi connectivity index (χ1) is 15.6. The molecule has 0 saturated carbocycles. The minimum absolute atomic E-state index is 0.00141. The second-order valence-electron chi connectivity index (χ2n) is 7.19. The maximum atomic E-state index is 12.8. The number of carboxylic acid groups (broad SMARTS) is 1. The highest BCUT2D eigenvalue weighted by molar-refractivity contribution is 7.80. The van der Waals surface area contributed by atoms with Gasteiger partial charge in [-0.15, -0.1) is 0 Å². The monoisotopic (exact) mass is 499 g/mol. The Kier molecular flexibility index (Phi) is 12.3. The number of carboxylic acids is 1. The number of primary amides is 1. The first kappa shape index (κ1) is 28.3. The molecule has 4 amide bonds. The van der Waals surface area contributed by atoms with Gasteiger partial charge in [-0.3, -0.25) is 19.2 Å². The van der Waals surface area contributed by atoms with E-state index in [0.29, 0.717) is 0 Å². The first-order valence-electron chi connectivity index (χ1n) is 10.0. The smallest absolute Gasteiger partial charge is 0.327 e. The summed E-state index contributed by atoms with van der Waals surface area (Å²) >= 11 is 8.00. The summed E-state index contributed by atoms with van der Waals surface area (Å²) in [5, 5.41) is 16.5. The molecule has 182 valence electrons. The van der Waals surface area contributed by atoms with Crippen molar-refractivity contribution in [1.82, 2.24) is 16.0 Å². The molecule has 11 nitrogen and oxygen atoms in total. The van der Waals surface area contributed by atoms with E-state index in [0.717, 1.165) is 5.56 Å². The van der Waals surface area contributed by atoms with Crippen LogP contribution in [0.4, 0.5) is 0 Å². The quantitative estimate of drug-likeness (QED) is 0.139. The fraction of sp³-hybridized carbons (Fsp3) is 0.450. The number of carbonyl (C=O) groups is 5. The third kappa shape index (κ3) is 10.1.